The molecule has 0 spiro atoms. The predicted molar refractivity (Wildman–Crippen MR) is 88.9 cm³/mol. The van der Waals surface area contributed by atoms with E-state index in [9.17, 15) is 12.8 Å². The highest BCUT2D eigenvalue weighted by Crippen LogP contribution is 2.32. The molecule has 0 aliphatic rings. The van der Waals surface area contributed by atoms with Crippen LogP contribution in [0.1, 0.15) is 26.3 Å². The van der Waals surface area contributed by atoms with E-state index in [1.54, 1.807) is 12.1 Å². The van der Waals surface area contributed by atoms with Gasteiger partial charge in [0.15, 0.2) is 0 Å². The third-order valence-electron chi connectivity index (χ3n) is 3.42. The Hall–Kier alpha value is -2.08. The van der Waals surface area contributed by atoms with Crippen molar-refractivity contribution in [1.29, 1.82) is 0 Å². The molecule has 0 aliphatic carbocycles. The molecule has 4 nitrogen and oxygen atoms in total. The van der Waals surface area contributed by atoms with E-state index in [0.29, 0.717) is 11.4 Å². The van der Waals surface area contributed by atoms with E-state index in [-0.39, 0.29) is 10.3 Å². The van der Waals surface area contributed by atoms with E-state index in [2.05, 4.69) is 4.72 Å². The maximum atomic E-state index is 13.3. The van der Waals surface area contributed by atoms with Crippen LogP contribution in [0.4, 0.5) is 10.1 Å². The van der Waals surface area contributed by atoms with Gasteiger partial charge in [-0.3, -0.25) is 4.72 Å². The van der Waals surface area contributed by atoms with Gasteiger partial charge in [-0.15, -0.1) is 0 Å². The number of rotatable bonds is 4. The number of benzene rings is 2. The average molecular weight is 337 g/mol. The van der Waals surface area contributed by atoms with Crippen molar-refractivity contribution in [1.82, 2.24) is 0 Å². The van der Waals surface area contributed by atoms with Crippen molar-refractivity contribution < 1.29 is 17.5 Å². The summed E-state index contributed by atoms with van der Waals surface area (Å²) in [5.41, 5.74) is 1.13. The first-order valence-electron chi connectivity index (χ1n) is 7.10. The summed E-state index contributed by atoms with van der Waals surface area (Å²) < 4.78 is 45.9. The summed E-state index contributed by atoms with van der Waals surface area (Å²) >= 11 is 0. The Morgan fingerprint density at radius 1 is 1.09 bits per heavy atom. The monoisotopic (exact) mass is 337 g/mol. The van der Waals surface area contributed by atoms with Gasteiger partial charge in [-0.25, -0.2) is 12.8 Å². The van der Waals surface area contributed by atoms with E-state index < -0.39 is 15.8 Å². The van der Waals surface area contributed by atoms with Gasteiger partial charge in [0.25, 0.3) is 10.0 Å². The standard InChI is InChI=1S/C17H20FNO3S/c1-17(2,3)12-8-9-16(22-4)15(10-12)19-23(20,21)14-7-5-6-13(18)11-14/h5-11,19H,1-4H3. The molecular formula is C17H20FNO3S. The molecule has 0 amide bonds. The van der Waals surface area contributed by atoms with Crippen LogP contribution in [-0.4, -0.2) is 15.5 Å². The van der Waals surface area contributed by atoms with Crippen LogP contribution in [0.15, 0.2) is 47.4 Å². The first kappa shape index (κ1) is 17.3. The molecule has 1 N–H and O–H groups in total. The van der Waals surface area contributed by atoms with Gasteiger partial charge in [-0.1, -0.05) is 32.9 Å². The smallest absolute Gasteiger partial charge is 0.262 e. The highest BCUT2D eigenvalue weighted by molar-refractivity contribution is 7.92. The van der Waals surface area contributed by atoms with E-state index in [4.69, 9.17) is 4.74 Å². The average Bonchev–Trinajstić information content (AvgIpc) is 2.46. The normalized spacial score (nSPS) is 12.0. The molecule has 124 valence electrons. The maximum Gasteiger partial charge on any atom is 0.262 e. The van der Waals surface area contributed by atoms with Gasteiger partial charge in [-0.05, 0) is 41.3 Å². The molecular weight excluding hydrogens is 317 g/mol. The number of ether oxygens (including phenoxy) is 1. The minimum Gasteiger partial charge on any atom is -0.495 e. The van der Waals surface area contributed by atoms with Crippen LogP contribution in [0.2, 0.25) is 0 Å². The van der Waals surface area contributed by atoms with E-state index in [1.165, 1.54) is 25.3 Å². The minimum absolute atomic E-state index is 0.138. The third kappa shape index (κ3) is 4.01. The summed E-state index contributed by atoms with van der Waals surface area (Å²) in [5.74, 6) is -0.207. The Balaban J connectivity index is 2.46. The fraction of sp³-hybridized carbons (Fsp3) is 0.294. The number of anilines is 1. The molecule has 0 atom stereocenters. The molecule has 2 rings (SSSR count). The van der Waals surface area contributed by atoms with Crippen molar-refractivity contribution in [3.05, 3.63) is 53.8 Å². The fourth-order valence-electron chi connectivity index (χ4n) is 2.09. The second-order valence-electron chi connectivity index (χ2n) is 6.23. The lowest BCUT2D eigenvalue weighted by Gasteiger charge is -2.21. The molecule has 2 aromatic rings. The second-order valence-corrected chi connectivity index (χ2v) is 7.91. The van der Waals surface area contributed by atoms with Crippen LogP contribution < -0.4 is 9.46 Å². The molecule has 6 heteroatoms. The minimum atomic E-state index is -3.90. The van der Waals surface area contributed by atoms with Gasteiger partial charge in [0, 0.05) is 0 Å². The molecule has 0 unspecified atom stereocenters. The van der Waals surface area contributed by atoms with Gasteiger partial charge in [-0.2, -0.15) is 0 Å². The lowest BCUT2D eigenvalue weighted by molar-refractivity contribution is 0.416. The van der Waals surface area contributed by atoms with Crippen LogP contribution in [0, 0.1) is 5.82 Å². The highest BCUT2D eigenvalue weighted by Gasteiger charge is 2.20. The Morgan fingerprint density at radius 2 is 1.78 bits per heavy atom. The van der Waals surface area contributed by atoms with Crippen molar-refractivity contribution >= 4 is 15.7 Å². The topological polar surface area (TPSA) is 55.4 Å². The number of hydrogen-bond donors (Lipinski definition) is 1. The predicted octanol–water partition coefficient (Wildman–Crippen LogP) is 3.93. The fourth-order valence-corrected chi connectivity index (χ4v) is 3.18. The number of nitrogens with one attached hydrogen (secondary N) is 1. The molecule has 0 aliphatic heterocycles. The number of hydrogen-bond acceptors (Lipinski definition) is 3. The highest BCUT2D eigenvalue weighted by atomic mass is 32.2. The van der Waals surface area contributed by atoms with Gasteiger partial charge in [0.1, 0.15) is 11.6 Å². The molecule has 0 fully saturated rings. The summed E-state index contributed by atoms with van der Waals surface area (Å²) in [6, 6.07) is 10.2. The molecule has 2 aromatic carbocycles. The Bertz CT molecular complexity index is 811. The van der Waals surface area contributed by atoms with Crippen molar-refractivity contribution in [2.75, 3.05) is 11.8 Å². The van der Waals surface area contributed by atoms with E-state index >= 15 is 0 Å². The number of sulfonamides is 1. The van der Waals surface area contributed by atoms with E-state index in [0.717, 1.165) is 11.6 Å². The molecule has 0 saturated heterocycles. The molecule has 0 saturated carbocycles. The zero-order valence-electron chi connectivity index (χ0n) is 13.6. The Kier molecular flexibility index (Phi) is 4.66. The zero-order valence-corrected chi connectivity index (χ0v) is 14.4. The lowest BCUT2D eigenvalue weighted by Crippen LogP contribution is -2.16. The maximum absolute atomic E-state index is 13.3. The zero-order chi connectivity index (χ0) is 17.3. The van der Waals surface area contributed by atoms with Crippen molar-refractivity contribution in [2.24, 2.45) is 0 Å². The summed E-state index contributed by atoms with van der Waals surface area (Å²) in [6.45, 7) is 6.08. The quantitative estimate of drug-likeness (QED) is 0.919. The van der Waals surface area contributed by atoms with Crippen molar-refractivity contribution in [3.63, 3.8) is 0 Å². The molecule has 0 radical (unpaired) electrons. The summed E-state index contributed by atoms with van der Waals surface area (Å²) in [4.78, 5) is -0.138. The van der Waals surface area contributed by atoms with Crippen molar-refractivity contribution in [3.8, 4) is 5.75 Å². The van der Waals surface area contributed by atoms with Crippen molar-refractivity contribution in [2.45, 2.75) is 31.1 Å². The van der Waals surface area contributed by atoms with Gasteiger partial charge in [0.05, 0.1) is 17.7 Å². The first-order valence-corrected chi connectivity index (χ1v) is 8.59. The van der Waals surface area contributed by atoms with Gasteiger partial charge < -0.3 is 4.74 Å². The van der Waals surface area contributed by atoms with E-state index in [1.807, 2.05) is 26.8 Å². The Labute approximate surface area is 136 Å². The van der Waals surface area contributed by atoms with Crippen LogP contribution in [0.5, 0.6) is 5.75 Å². The van der Waals surface area contributed by atoms with Gasteiger partial charge in [0.2, 0.25) is 0 Å². The lowest BCUT2D eigenvalue weighted by atomic mass is 9.87. The van der Waals surface area contributed by atoms with Crippen LogP contribution in [0.3, 0.4) is 0 Å². The third-order valence-corrected chi connectivity index (χ3v) is 4.78. The van der Waals surface area contributed by atoms with Crippen LogP contribution in [-0.2, 0) is 15.4 Å². The molecule has 23 heavy (non-hydrogen) atoms. The number of halogens is 1. The van der Waals surface area contributed by atoms with Gasteiger partial charge >= 0.3 is 0 Å². The summed E-state index contributed by atoms with van der Waals surface area (Å²) in [6.07, 6.45) is 0. The molecule has 0 aromatic heterocycles. The largest absolute Gasteiger partial charge is 0.495 e. The Morgan fingerprint density at radius 3 is 2.35 bits per heavy atom. The van der Waals surface area contributed by atoms with Crippen LogP contribution >= 0.6 is 0 Å². The first-order chi connectivity index (χ1) is 10.6. The number of methoxy groups -OCH3 is 1. The summed E-state index contributed by atoms with van der Waals surface area (Å²) in [7, 11) is -2.44. The summed E-state index contributed by atoms with van der Waals surface area (Å²) in [5, 5.41) is 0. The van der Waals surface area contributed by atoms with Crippen LogP contribution in [0.25, 0.3) is 0 Å². The SMILES string of the molecule is COc1ccc(C(C)(C)C)cc1NS(=O)(=O)c1cccc(F)c1. The second kappa shape index (κ2) is 6.20. The molecule has 0 bridgehead atoms. The molecule has 0 heterocycles.